The molecule has 8 nitrogen and oxygen atoms in total. The standard InChI is InChI=1S/C20H27N7O/c1-2-3-6-20(24-25-20)7-5-17(28)23-19(8-9-19)16-26-12-14-27(15-13-26)18-21-10-4-11-22-18/h1,4,10-11H,3,5-9,12-16H2,(H,23,28). The maximum atomic E-state index is 12.4. The van der Waals surface area contributed by atoms with Crippen LogP contribution in [0.3, 0.4) is 0 Å². The van der Waals surface area contributed by atoms with Gasteiger partial charge in [-0.05, 0) is 18.9 Å². The van der Waals surface area contributed by atoms with Crippen LogP contribution in [0.2, 0.25) is 0 Å². The summed E-state index contributed by atoms with van der Waals surface area (Å²) in [6.07, 6.45) is 13.5. The Morgan fingerprint density at radius 3 is 2.46 bits per heavy atom. The van der Waals surface area contributed by atoms with Crippen LogP contribution in [0.5, 0.6) is 0 Å². The summed E-state index contributed by atoms with van der Waals surface area (Å²) in [5.41, 5.74) is -0.428. The van der Waals surface area contributed by atoms with Crippen molar-refractivity contribution in [1.82, 2.24) is 20.2 Å². The first kappa shape index (κ1) is 18.8. The Kier molecular flexibility index (Phi) is 5.27. The number of hydrogen-bond donors (Lipinski definition) is 1. The second-order valence-electron chi connectivity index (χ2n) is 8.03. The van der Waals surface area contributed by atoms with Gasteiger partial charge in [-0.1, -0.05) is 0 Å². The van der Waals surface area contributed by atoms with Gasteiger partial charge in [0, 0.05) is 70.8 Å². The minimum atomic E-state index is -0.379. The van der Waals surface area contributed by atoms with E-state index >= 15 is 0 Å². The Labute approximate surface area is 165 Å². The van der Waals surface area contributed by atoms with Crippen LogP contribution in [-0.4, -0.2) is 64.7 Å². The van der Waals surface area contributed by atoms with Crippen molar-refractivity contribution in [1.29, 1.82) is 0 Å². The lowest BCUT2D eigenvalue weighted by Crippen LogP contribution is -2.53. The molecule has 2 fully saturated rings. The molecular weight excluding hydrogens is 354 g/mol. The summed E-state index contributed by atoms with van der Waals surface area (Å²) in [6.45, 7) is 4.66. The molecule has 3 aliphatic rings. The van der Waals surface area contributed by atoms with Gasteiger partial charge in [-0.15, -0.1) is 12.3 Å². The molecule has 1 aliphatic carbocycles. The molecule has 2 aliphatic heterocycles. The summed E-state index contributed by atoms with van der Waals surface area (Å²) in [4.78, 5) is 25.8. The third-order valence-electron chi connectivity index (χ3n) is 5.80. The van der Waals surface area contributed by atoms with Crippen LogP contribution < -0.4 is 10.2 Å². The Balaban J connectivity index is 1.19. The zero-order valence-electron chi connectivity index (χ0n) is 16.2. The van der Waals surface area contributed by atoms with Crippen molar-refractivity contribution in [2.45, 2.75) is 49.7 Å². The van der Waals surface area contributed by atoms with Crippen molar-refractivity contribution < 1.29 is 4.79 Å². The molecule has 8 heteroatoms. The molecule has 28 heavy (non-hydrogen) atoms. The van der Waals surface area contributed by atoms with Gasteiger partial charge in [0.15, 0.2) is 5.66 Å². The van der Waals surface area contributed by atoms with Gasteiger partial charge < -0.3 is 10.2 Å². The van der Waals surface area contributed by atoms with Crippen molar-refractivity contribution in [2.75, 3.05) is 37.6 Å². The maximum absolute atomic E-state index is 12.4. The van der Waals surface area contributed by atoms with Gasteiger partial charge in [0.25, 0.3) is 0 Å². The number of hydrogen-bond acceptors (Lipinski definition) is 7. The average Bonchev–Trinajstić information content (AvgIpc) is 3.65. The maximum Gasteiger partial charge on any atom is 0.225 e. The molecule has 148 valence electrons. The number of rotatable bonds is 9. The summed E-state index contributed by atoms with van der Waals surface area (Å²) in [7, 11) is 0. The lowest BCUT2D eigenvalue weighted by molar-refractivity contribution is -0.122. The first-order valence-corrected chi connectivity index (χ1v) is 10.0. The van der Waals surface area contributed by atoms with E-state index in [1.165, 1.54) is 0 Å². The molecule has 1 aromatic rings. The van der Waals surface area contributed by atoms with Crippen LogP contribution >= 0.6 is 0 Å². The molecule has 0 spiro atoms. The molecule has 0 bridgehead atoms. The molecule has 0 aromatic carbocycles. The molecule has 1 N–H and O–H groups in total. The van der Waals surface area contributed by atoms with Crippen molar-refractivity contribution in [2.24, 2.45) is 10.2 Å². The number of nitrogens with one attached hydrogen (secondary N) is 1. The summed E-state index contributed by atoms with van der Waals surface area (Å²) >= 11 is 0. The predicted molar refractivity (Wildman–Crippen MR) is 106 cm³/mol. The van der Waals surface area contributed by atoms with Crippen LogP contribution in [0.1, 0.15) is 38.5 Å². The first-order chi connectivity index (χ1) is 13.6. The van der Waals surface area contributed by atoms with E-state index in [2.05, 4.69) is 41.2 Å². The van der Waals surface area contributed by atoms with Crippen LogP contribution in [0.4, 0.5) is 5.95 Å². The number of terminal acetylenes is 1. The van der Waals surface area contributed by atoms with Crippen LogP contribution in [0.25, 0.3) is 0 Å². The molecule has 1 saturated carbocycles. The summed E-state index contributed by atoms with van der Waals surface area (Å²) in [6, 6.07) is 1.83. The van der Waals surface area contributed by atoms with E-state index in [1.807, 2.05) is 6.07 Å². The second kappa shape index (κ2) is 7.84. The monoisotopic (exact) mass is 381 g/mol. The number of piperazine rings is 1. The average molecular weight is 381 g/mol. The molecule has 0 unspecified atom stereocenters. The Hall–Kier alpha value is -2.53. The SMILES string of the molecule is C#CCCC1(CCC(=O)NC2(CN3CCN(c4ncccn4)CC3)CC2)N=N1. The topological polar surface area (TPSA) is 86.1 Å². The third kappa shape index (κ3) is 4.65. The normalized spacial score (nSPS) is 21.8. The van der Waals surface area contributed by atoms with E-state index in [0.29, 0.717) is 19.3 Å². The van der Waals surface area contributed by atoms with E-state index in [0.717, 1.165) is 57.9 Å². The van der Waals surface area contributed by atoms with E-state index in [1.54, 1.807) is 12.4 Å². The van der Waals surface area contributed by atoms with E-state index in [9.17, 15) is 4.79 Å². The lowest BCUT2D eigenvalue weighted by atomic mass is 10.0. The summed E-state index contributed by atoms with van der Waals surface area (Å²) in [5.74, 6) is 3.52. The fraction of sp³-hybridized carbons (Fsp3) is 0.650. The van der Waals surface area contributed by atoms with Gasteiger partial charge in [0.1, 0.15) is 0 Å². The Bertz CT molecular complexity index is 755. The fourth-order valence-corrected chi connectivity index (χ4v) is 3.80. The van der Waals surface area contributed by atoms with Crippen molar-refractivity contribution in [3.8, 4) is 12.3 Å². The third-order valence-corrected chi connectivity index (χ3v) is 5.80. The summed E-state index contributed by atoms with van der Waals surface area (Å²) in [5, 5.41) is 11.5. The van der Waals surface area contributed by atoms with Gasteiger partial charge in [-0.2, -0.15) is 10.2 Å². The zero-order valence-corrected chi connectivity index (χ0v) is 16.2. The molecule has 1 aromatic heterocycles. The zero-order chi connectivity index (χ0) is 19.5. The number of nitrogens with zero attached hydrogens (tertiary/aromatic N) is 6. The van der Waals surface area contributed by atoms with E-state index in [-0.39, 0.29) is 17.1 Å². The smallest absolute Gasteiger partial charge is 0.225 e. The highest BCUT2D eigenvalue weighted by molar-refractivity contribution is 5.77. The molecule has 1 amide bonds. The predicted octanol–water partition coefficient (Wildman–Crippen LogP) is 1.60. The van der Waals surface area contributed by atoms with Gasteiger partial charge >= 0.3 is 0 Å². The van der Waals surface area contributed by atoms with Crippen molar-refractivity contribution in [3.05, 3.63) is 18.5 Å². The van der Waals surface area contributed by atoms with E-state index < -0.39 is 0 Å². The molecule has 0 atom stereocenters. The molecule has 1 saturated heterocycles. The fourth-order valence-electron chi connectivity index (χ4n) is 3.80. The Morgan fingerprint density at radius 1 is 1.14 bits per heavy atom. The van der Waals surface area contributed by atoms with Crippen LogP contribution in [0.15, 0.2) is 28.7 Å². The number of carbonyl (C=O) groups is 1. The molecule has 0 radical (unpaired) electrons. The number of carbonyl (C=O) groups excluding carboxylic acids is 1. The highest BCUT2D eigenvalue weighted by atomic mass is 16.1. The van der Waals surface area contributed by atoms with Gasteiger partial charge in [-0.25, -0.2) is 9.97 Å². The van der Waals surface area contributed by atoms with Gasteiger partial charge in [0.05, 0.1) is 5.54 Å². The van der Waals surface area contributed by atoms with Gasteiger partial charge in [0.2, 0.25) is 11.9 Å². The van der Waals surface area contributed by atoms with Crippen molar-refractivity contribution >= 4 is 11.9 Å². The van der Waals surface area contributed by atoms with Gasteiger partial charge in [-0.3, -0.25) is 9.69 Å². The van der Waals surface area contributed by atoms with Crippen LogP contribution in [0, 0.1) is 12.3 Å². The quantitative estimate of drug-likeness (QED) is 0.657. The highest BCUT2D eigenvalue weighted by Gasteiger charge is 2.46. The van der Waals surface area contributed by atoms with Crippen molar-refractivity contribution in [3.63, 3.8) is 0 Å². The lowest BCUT2D eigenvalue weighted by Gasteiger charge is -2.36. The minimum absolute atomic E-state index is 0.0493. The number of anilines is 1. The Morgan fingerprint density at radius 2 is 1.86 bits per heavy atom. The highest BCUT2D eigenvalue weighted by Crippen LogP contribution is 2.39. The molecule has 4 rings (SSSR count). The summed E-state index contributed by atoms with van der Waals surface area (Å²) < 4.78 is 0. The number of amides is 1. The second-order valence-corrected chi connectivity index (χ2v) is 8.03. The number of aromatic nitrogens is 2. The molecular formula is C20H27N7O. The van der Waals surface area contributed by atoms with Crippen LogP contribution in [-0.2, 0) is 4.79 Å². The minimum Gasteiger partial charge on any atom is -0.349 e. The van der Waals surface area contributed by atoms with E-state index in [4.69, 9.17) is 6.42 Å². The first-order valence-electron chi connectivity index (χ1n) is 10.0. The molecule has 3 heterocycles. The largest absolute Gasteiger partial charge is 0.349 e.